The highest BCUT2D eigenvalue weighted by Gasteiger charge is 2.11. The van der Waals surface area contributed by atoms with Crippen molar-refractivity contribution in [2.45, 2.75) is 26.4 Å². The van der Waals surface area contributed by atoms with E-state index in [1.807, 2.05) is 49.4 Å². The van der Waals surface area contributed by atoms with E-state index in [0.717, 1.165) is 23.1 Å². The van der Waals surface area contributed by atoms with Gasteiger partial charge < -0.3 is 4.74 Å². The molecule has 0 aliphatic rings. The molecule has 0 aromatic heterocycles. The lowest BCUT2D eigenvalue weighted by Gasteiger charge is -2.15. The van der Waals surface area contributed by atoms with Crippen LogP contribution < -0.4 is 0 Å². The predicted molar refractivity (Wildman–Crippen MR) is 85.8 cm³/mol. The highest BCUT2D eigenvalue weighted by atomic mass is 16.5. The molecule has 2 rings (SSSR count). The van der Waals surface area contributed by atoms with Crippen molar-refractivity contribution in [2.75, 3.05) is 0 Å². The molecule has 1 unspecified atom stereocenters. The number of hydrogen-bond donors (Lipinski definition) is 0. The van der Waals surface area contributed by atoms with Gasteiger partial charge in [-0.3, -0.25) is 4.79 Å². The maximum atomic E-state index is 11.2. The van der Waals surface area contributed by atoms with E-state index in [0.29, 0.717) is 0 Å². The summed E-state index contributed by atoms with van der Waals surface area (Å²) in [4.78, 5) is 11.2. The molecule has 0 aliphatic carbocycles. The zero-order valence-corrected chi connectivity index (χ0v) is 12.5. The van der Waals surface area contributed by atoms with Crippen molar-refractivity contribution in [3.63, 3.8) is 0 Å². The van der Waals surface area contributed by atoms with E-state index in [2.05, 4.69) is 24.3 Å². The van der Waals surface area contributed by atoms with Gasteiger partial charge in [-0.1, -0.05) is 67.6 Å². The van der Waals surface area contributed by atoms with Crippen molar-refractivity contribution in [3.05, 3.63) is 77.9 Å². The Morgan fingerprint density at radius 2 is 1.48 bits per heavy atom. The Balaban J connectivity index is 2.43. The maximum absolute atomic E-state index is 11.2. The molecular formula is C19H20O2. The second-order valence-corrected chi connectivity index (χ2v) is 4.87. The summed E-state index contributed by atoms with van der Waals surface area (Å²) in [6.45, 7) is 3.46. The van der Waals surface area contributed by atoms with Gasteiger partial charge in [0.05, 0.1) is 0 Å². The number of carbonyl (C=O) groups excluding carboxylic acids is 1. The summed E-state index contributed by atoms with van der Waals surface area (Å²) in [5.41, 5.74) is 3.33. The van der Waals surface area contributed by atoms with Gasteiger partial charge in [0.15, 0.2) is 0 Å². The lowest BCUT2D eigenvalue weighted by Crippen LogP contribution is -2.13. The fourth-order valence-electron chi connectivity index (χ4n) is 2.23. The molecule has 2 nitrogen and oxygen atoms in total. The van der Waals surface area contributed by atoms with Gasteiger partial charge in [-0.05, 0) is 29.2 Å². The molecule has 108 valence electrons. The van der Waals surface area contributed by atoms with Crippen LogP contribution in [0.5, 0.6) is 0 Å². The average Bonchev–Trinajstić information content (AvgIpc) is 2.52. The van der Waals surface area contributed by atoms with Crippen LogP contribution >= 0.6 is 0 Å². The molecule has 2 heteroatoms. The van der Waals surface area contributed by atoms with Crippen LogP contribution in [-0.4, -0.2) is 12.1 Å². The molecule has 0 radical (unpaired) electrons. The molecule has 1 atom stereocenters. The molecule has 0 bridgehead atoms. The van der Waals surface area contributed by atoms with Crippen LogP contribution in [0.1, 0.15) is 31.4 Å². The molecular weight excluding hydrogens is 260 g/mol. The van der Waals surface area contributed by atoms with Crippen LogP contribution in [0.25, 0.3) is 5.57 Å². The SMILES string of the molecule is CCC(C=C(c1ccccc1)c1ccccc1)OC(C)=O. The first-order chi connectivity index (χ1) is 10.2. The summed E-state index contributed by atoms with van der Waals surface area (Å²) < 4.78 is 5.36. The summed E-state index contributed by atoms with van der Waals surface area (Å²) in [6.07, 6.45) is 2.58. The van der Waals surface area contributed by atoms with Gasteiger partial charge in [-0.25, -0.2) is 0 Å². The largest absolute Gasteiger partial charge is 0.458 e. The molecule has 0 saturated heterocycles. The van der Waals surface area contributed by atoms with Crippen molar-refractivity contribution in [1.82, 2.24) is 0 Å². The fourth-order valence-corrected chi connectivity index (χ4v) is 2.23. The Kier molecular flexibility index (Phi) is 5.33. The topological polar surface area (TPSA) is 26.3 Å². The second-order valence-electron chi connectivity index (χ2n) is 4.87. The molecule has 0 heterocycles. The summed E-state index contributed by atoms with van der Waals surface area (Å²) in [5.74, 6) is -0.251. The van der Waals surface area contributed by atoms with Crippen molar-refractivity contribution in [3.8, 4) is 0 Å². The molecule has 0 N–H and O–H groups in total. The molecule has 2 aromatic rings. The third kappa shape index (κ3) is 4.32. The predicted octanol–water partition coefficient (Wildman–Crippen LogP) is 4.46. The fraction of sp³-hybridized carbons (Fsp3) is 0.211. The standard InChI is InChI=1S/C19H20O2/c1-3-18(21-15(2)20)14-19(16-10-6-4-7-11-16)17-12-8-5-9-13-17/h4-14,18H,3H2,1-2H3. The Bertz CT molecular complexity index is 558. The van der Waals surface area contributed by atoms with Gasteiger partial charge >= 0.3 is 5.97 Å². The minimum atomic E-state index is -0.251. The molecule has 0 spiro atoms. The number of rotatable bonds is 5. The van der Waals surface area contributed by atoms with Crippen LogP contribution in [0.15, 0.2) is 66.7 Å². The van der Waals surface area contributed by atoms with E-state index in [1.54, 1.807) is 0 Å². The van der Waals surface area contributed by atoms with Gasteiger partial charge in [-0.15, -0.1) is 0 Å². The summed E-state index contributed by atoms with van der Waals surface area (Å²) in [5, 5.41) is 0. The number of carbonyl (C=O) groups is 1. The van der Waals surface area contributed by atoms with E-state index >= 15 is 0 Å². The van der Waals surface area contributed by atoms with E-state index < -0.39 is 0 Å². The van der Waals surface area contributed by atoms with Crippen LogP contribution in [0, 0.1) is 0 Å². The number of esters is 1. The normalized spacial score (nSPS) is 11.5. The van der Waals surface area contributed by atoms with Crippen molar-refractivity contribution < 1.29 is 9.53 Å². The van der Waals surface area contributed by atoms with Gasteiger partial charge in [0, 0.05) is 6.92 Å². The molecule has 0 aliphatic heterocycles. The first-order valence-electron chi connectivity index (χ1n) is 7.20. The van der Waals surface area contributed by atoms with Crippen LogP contribution in [0.4, 0.5) is 0 Å². The average molecular weight is 280 g/mol. The highest BCUT2D eigenvalue weighted by Crippen LogP contribution is 2.24. The number of hydrogen-bond acceptors (Lipinski definition) is 2. The van der Waals surface area contributed by atoms with Crippen molar-refractivity contribution in [2.24, 2.45) is 0 Å². The molecule has 0 amide bonds. The minimum absolute atomic E-state index is 0.210. The number of benzene rings is 2. The van der Waals surface area contributed by atoms with Gasteiger partial charge in [0.2, 0.25) is 0 Å². The smallest absolute Gasteiger partial charge is 0.303 e. The highest BCUT2D eigenvalue weighted by molar-refractivity contribution is 5.80. The first kappa shape index (κ1) is 15.0. The lowest BCUT2D eigenvalue weighted by molar-refractivity contribution is -0.144. The Morgan fingerprint density at radius 3 is 1.86 bits per heavy atom. The molecule has 21 heavy (non-hydrogen) atoms. The van der Waals surface area contributed by atoms with Gasteiger partial charge in [0.1, 0.15) is 6.10 Å². The zero-order chi connectivity index (χ0) is 15.1. The van der Waals surface area contributed by atoms with E-state index in [9.17, 15) is 4.79 Å². The third-order valence-corrected chi connectivity index (χ3v) is 3.24. The summed E-state index contributed by atoms with van der Waals surface area (Å²) in [7, 11) is 0. The van der Waals surface area contributed by atoms with E-state index in [4.69, 9.17) is 4.74 Å². The Morgan fingerprint density at radius 1 is 1.00 bits per heavy atom. The maximum Gasteiger partial charge on any atom is 0.303 e. The van der Waals surface area contributed by atoms with Crippen molar-refractivity contribution >= 4 is 11.5 Å². The molecule has 2 aromatic carbocycles. The first-order valence-corrected chi connectivity index (χ1v) is 7.20. The second kappa shape index (κ2) is 7.44. The Labute approximate surface area is 126 Å². The lowest BCUT2D eigenvalue weighted by atomic mass is 9.96. The zero-order valence-electron chi connectivity index (χ0n) is 12.5. The molecule has 0 fully saturated rings. The van der Waals surface area contributed by atoms with E-state index in [1.165, 1.54) is 6.92 Å². The minimum Gasteiger partial charge on any atom is -0.458 e. The Hall–Kier alpha value is -2.35. The summed E-state index contributed by atoms with van der Waals surface area (Å²) in [6, 6.07) is 20.3. The van der Waals surface area contributed by atoms with E-state index in [-0.39, 0.29) is 12.1 Å². The van der Waals surface area contributed by atoms with Crippen LogP contribution in [-0.2, 0) is 9.53 Å². The summed E-state index contributed by atoms with van der Waals surface area (Å²) >= 11 is 0. The van der Waals surface area contributed by atoms with Crippen LogP contribution in [0.3, 0.4) is 0 Å². The molecule has 0 saturated carbocycles. The van der Waals surface area contributed by atoms with Gasteiger partial charge in [0.25, 0.3) is 0 Å². The monoisotopic (exact) mass is 280 g/mol. The number of ether oxygens (including phenoxy) is 1. The quantitative estimate of drug-likeness (QED) is 0.756. The van der Waals surface area contributed by atoms with Gasteiger partial charge in [-0.2, -0.15) is 0 Å². The van der Waals surface area contributed by atoms with Crippen LogP contribution in [0.2, 0.25) is 0 Å². The third-order valence-electron chi connectivity index (χ3n) is 3.24. The van der Waals surface area contributed by atoms with Crippen molar-refractivity contribution in [1.29, 1.82) is 0 Å².